The van der Waals surface area contributed by atoms with Gasteiger partial charge in [-0.2, -0.15) is 0 Å². The Labute approximate surface area is 159 Å². The summed E-state index contributed by atoms with van der Waals surface area (Å²) in [6, 6.07) is 10.8. The van der Waals surface area contributed by atoms with Crippen molar-refractivity contribution in [3.05, 3.63) is 58.4 Å². The standard InChI is InChI=1S/C23H25N3O/c1-13-9-12-19-20(14(13)2)24-15(3)26(19)22-18-8-6-7-17(16-10-11-16)21(18)27-23(4,5)25-22/h6-9,12,16H,10-11H2,1-5H3. The topological polar surface area (TPSA) is 39.4 Å². The maximum absolute atomic E-state index is 6.35. The van der Waals surface area contributed by atoms with Crippen LogP contribution in [0, 0.1) is 20.8 Å². The second kappa shape index (κ2) is 5.44. The first-order chi connectivity index (χ1) is 12.9. The van der Waals surface area contributed by atoms with Crippen LogP contribution in [0.1, 0.15) is 60.7 Å². The molecule has 3 aromatic rings. The number of aromatic nitrogens is 2. The van der Waals surface area contributed by atoms with Crippen LogP contribution in [0.25, 0.3) is 11.0 Å². The molecule has 0 atom stereocenters. The van der Waals surface area contributed by atoms with Crippen LogP contribution in [-0.2, 0) is 0 Å². The molecule has 1 saturated carbocycles. The number of aliphatic imine (C=N–C) groups is 1. The lowest BCUT2D eigenvalue weighted by molar-refractivity contribution is 0.113. The summed E-state index contributed by atoms with van der Waals surface area (Å²) in [6.07, 6.45) is 2.50. The molecule has 0 amide bonds. The maximum atomic E-state index is 6.35. The third-order valence-electron chi connectivity index (χ3n) is 5.76. The Kier molecular flexibility index (Phi) is 3.34. The van der Waals surface area contributed by atoms with Crippen molar-refractivity contribution < 1.29 is 4.74 Å². The number of rotatable bonds is 1. The Morgan fingerprint density at radius 2 is 1.85 bits per heavy atom. The van der Waals surface area contributed by atoms with Crippen LogP contribution in [0.15, 0.2) is 35.3 Å². The Balaban J connectivity index is 1.80. The quantitative estimate of drug-likeness (QED) is 0.594. The molecule has 5 rings (SSSR count). The van der Waals surface area contributed by atoms with Crippen molar-refractivity contribution in [1.82, 2.24) is 9.55 Å². The summed E-state index contributed by atoms with van der Waals surface area (Å²) in [5.74, 6) is 3.52. The van der Waals surface area contributed by atoms with Gasteiger partial charge in [-0.25, -0.2) is 9.98 Å². The van der Waals surface area contributed by atoms with Gasteiger partial charge in [0.1, 0.15) is 17.4 Å². The lowest BCUT2D eigenvalue weighted by atomic mass is 10.0. The fraction of sp³-hybridized carbons (Fsp3) is 0.391. The molecule has 0 unspecified atom stereocenters. The minimum Gasteiger partial charge on any atom is -0.466 e. The predicted molar refractivity (Wildman–Crippen MR) is 109 cm³/mol. The molecule has 0 radical (unpaired) electrons. The highest BCUT2D eigenvalue weighted by atomic mass is 16.5. The van der Waals surface area contributed by atoms with Crippen molar-refractivity contribution >= 4 is 16.9 Å². The largest absolute Gasteiger partial charge is 0.466 e. The Morgan fingerprint density at radius 1 is 1.07 bits per heavy atom. The van der Waals surface area contributed by atoms with Crippen molar-refractivity contribution in [1.29, 1.82) is 0 Å². The fourth-order valence-corrected chi connectivity index (χ4v) is 4.08. The van der Waals surface area contributed by atoms with Gasteiger partial charge in [0.05, 0.1) is 16.6 Å². The van der Waals surface area contributed by atoms with Gasteiger partial charge >= 0.3 is 0 Å². The van der Waals surface area contributed by atoms with E-state index in [0.29, 0.717) is 5.92 Å². The Morgan fingerprint density at radius 3 is 2.59 bits per heavy atom. The summed E-state index contributed by atoms with van der Waals surface area (Å²) in [7, 11) is 0. The van der Waals surface area contributed by atoms with Crippen molar-refractivity contribution in [2.24, 2.45) is 4.99 Å². The molecule has 1 aromatic heterocycles. The number of fused-ring (bicyclic) bond motifs is 2. The van der Waals surface area contributed by atoms with E-state index < -0.39 is 5.72 Å². The smallest absolute Gasteiger partial charge is 0.196 e. The summed E-state index contributed by atoms with van der Waals surface area (Å²) >= 11 is 0. The first-order valence-corrected chi connectivity index (χ1v) is 9.73. The molecule has 0 saturated heterocycles. The molecule has 27 heavy (non-hydrogen) atoms. The molecule has 2 aliphatic rings. The number of para-hydroxylation sites is 1. The zero-order chi connectivity index (χ0) is 18.9. The van der Waals surface area contributed by atoms with E-state index in [1.54, 1.807) is 0 Å². The minimum atomic E-state index is -0.601. The zero-order valence-corrected chi connectivity index (χ0v) is 16.6. The van der Waals surface area contributed by atoms with E-state index in [-0.39, 0.29) is 0 Å². The van der Waals surface area contributed by atoms with Crippen LogP contribution in [-0.4, -0.2) is 21.1 Å². The van der Waals surface area contributed by atoms with E-state index in [1.807, 2.05) is 13.8 Å². The van der Waals surface area contributed by atoms with E-state index in [4.69, 9.17) is 14.7 Å². The first-order valence-electron chi connectivity index (χ1n) is 9.73. The number of aryl methyl sites for hydroxylation is 3. The van der Waals surface area contributed by atoms with Crippen LogP contribution < -0.4 is 4.74 Å². The molecule has 1 aliphatic heterocycles. The van der Waals surface area contributed by atoms with Crippen LogP contribution in [0.2, 0.25) is 0 Å². The van der Waals surface area contributed by atoms with E-state index in [0.717, 1.165) is 34.0 Å². The number of nitrogens with zero attached hydrogens (tertiary/aromatic N) is 3. The van der Waals surface area contributed by atoms with Crippen LogP contribution >= 0.6 is 0 Å². The summed E-state index contributed by atoms with van der Waals surface area (Å²) < 4.78 is 8.55. The lowest BCUT2D eigenvalue weighted by Gasteiger charge is -2.32. The molecule has 4 nitrogen and oxygen atoms in total. The number of imidazole rings is 1. The molecule has 2 aromatic carbocycles. The zero-order valence-electron chi connectivity index (χ0n) is 16.6. The van der Waals surface area contributed by atoms with E-state index in [2.05, 4.69) is 55.7 Å². The van der Waals surface area contributed by atoms with Gasteiger partial charge in [-0.3, -0.25) is 4.57 Å². The second-order valence-electron chi connectivity index (χ2n) is 8.35. The van der Waals surface area contributed by atoms with Crippen molar-refractivity contribution in [3.8, 4) is 5.75 Å². The van der Waals surface area contributed by atoms with Crippen LogP contribution in [0.5, 0.6) is 5.75 Å². The van der Waals surface area contributed by atoms with Crippen molar-refractivity contribution in [2.45, 2.75) is 59.1 Å². The normalized spacial score (nSPS) is 18.2. The molecule has 0 spiro atoms. The monoisotopic (exact) mass is 359 g/mol. The third-order valence-corrected chi connectivity index (χ3v) is 5.76. The number of hydrogen-bond acceptors (Lipinski definition) is 3. The van der Waals surface area contributed by atoms with Gasteiger partial charge in [0.15, 0.2) is 5.72 Å². The van der Waals surface area contributed by atoms with Crippen LogP contribution in [0.4, 0.5) is 0 Å². The summed E-state index contributed by atoms with van der Waals surface area (Å²) in [5.41, 5.74) is 6.44. The van der Waals surface area contributed by atoms with E-state index >= 15 is 0 Å². The number of benzene rings is 2. The van der Waals surface area contributed by atoms with Crippen molar-refractivity contribution in [3.63, 3.8) is 0 Å². The van der Waals surface area contributed by atoms with Gasteiger partial charge in [0.25, 0.3) is 0 Å². The molecule has 0 bridgehead atoms. The molecule has 138 valence electrons. The highest BCUT2D eigenvalue weighted by Gasteiger charge is 2.36. The molecule has 2 heterocycles. The third kappa shape index (κ3) is 2.50. The Hall–Kier alpha value is -2.62. The average Bonchev–Trinajstić information content (AvgIpc) is 3.39. The van der Waals surface area contributed by atoms with Gasteiger partial charge in [-0.05, 0) is 82.2 Å². The van der Waals surface area contributed by atoms with Gasteiger partial charge in [0.2, 0.25) is 0 Å². The molecule has 1 aliphatic carbocycles. The fourth-order valence-electron chi connectivity index (χ4n) is 4.08. The first kappa shape index (κ1) is 16.5. The second-order valence-corrected chi connectivity index (χ2v) is 8.35. The molecule has 0 N–H and O–H groups in total. The van der Waals surface area contributed by atoms with Gasteiger partial charge in [-0.15, -0.1) is 0 Å². The molecular weight excluding hydrogens is 334 g/mol. The molecule has 4 heteroatoms. The number of hydrogen-bond donors (Lipinski definition) is 0. The van der Waals surface area contributed by atoms with Crippen LogP contribution in [0.3, 0.4) is 0 Å². The molecule has 1 fully saturated rings. The lowest BCUT2D eigenvalue weighted by Crippen LogP contribution is -2.35. The average molecular weight is 359 g/mol. The number of ether oxygens (including phenoxy) is 1. The molecular formula is C23H25N3O. The SMILES string of the molecule is Cc1ccc2c(nc(C)n2C2=NC(C)(C)Oc3c2cccc3C2CC2)c1C. The van der Waals surface area contributed by atoms with E-state index in [9.17, 15) is 0 Å². The summed E-state index contributed by atoms with van der Waals surface area (Å²) in [4.78, 5) is 9.88. The minimum absolute atomic E-state index is 0.601. The van der Waals surface area contributed by atoms with E-state index in [1.165, 1.54) is 29.5 Å². The van der Waals surface area contributed by atoms with Crippen molar-refractivity contribution in [2.75, 3.05) is 0 Å². The predicted octanol–water partition coefficient (Wildman–Crippen LogP) is 5.26. The highest BCUT2D eigenvalue weighted by Crippen LogP contribution is 2.47. The summed E-state index contributed by atoms with van der Waals surface area (Å²) in [6.45, 7) is 10.4. The highest BCUT2D eigenvalue weighted by molar-refractivity contribution is 6.08. The summed E-state index contributed by atoms with van der Waals surface area (Å²) in [5, 5.41) is 0. The Bertz CT molecular complexity index is 1120. The van der Waals surface area contributed by atoms with Gasteiger partial charge in [-0.1, -0.05) is 18.2 Å². The maximum Gasteiger partial charge on any atom is 0.196 e. The van der Waals surface area contributed by atoms with Gasteiger partial charge < -0.3 is 4.74 Å². The van der Waals surface area contributed by atoms with Gasteiger partial charge in [0, 0.05) is 0 Å².